The second-order valence-electron chi connectivity index (χ2n) is 14.2. The summed E-state index contributed by atoms with van der Waals surface area (Å²) < 4.78 is 6.61. The SMILES string of the molecule is Nc1ccc2c(c1)-c1c(-c3c4ccccc4c(-c4ccc(-c5ccccc5)cc4)c4ccccc34)cccc1C21c2ccccc2Oc2ccccc21. The number of rotatable bonds is 3. The Morgan fingerprint density at radius 3 is 1.49 bits per heavy atom. The van der Waals surface area contributed by atoms with Gasteiger partial charge >= 0.3 is 0 Å². The predicted octanol–water partition coefficient (Wildman–Crippen LogP) is 13.0. The summed E-state index contributed by atoms with van der Waals surface area (Å²) in [5, 5.41) is 4.91. The Morgan fingerprint density at radius 2 is 0.849 bits per heavy atom. The molecule has 2 nitrogen and oxygen atoms in total. The summed E-state index contributed by atoms with van der Waals surface area (Å²) in [6.45, 7) is 0. The van der Waals surface area contributed by atoms with Crippen LogP contribution in [0, 0.1) is 0 Å². The summed E-state index contributed by atoms with van der Waals surface area (Å²) in [4.78, 5) is 0. The predicted molar refractivity (Wildman–Crippen MR) is 220 cm³/mol. The van der Waals surface area contributed by atoms with Crippen LogP contribution in [-0.2, 0) is 5.41 Å². The van der Waals surface area contributed by atoms with Gasteiger partial charge in [-0.15, -0.1) is 0 Å². The zero-order valence-corrected chi connectivity index (χ0v) is 28.9. The number of nitrogens with two attached hydrogens (primary N) is 1. The first-order valence-corrected chi connectivity index (χ1v) is 18.2. The largest absolute Gasteiger partial charge is 0.457 e. The average Bonchev–Trinajstić information content (AvgIpc) is 3.50. The van der Waals surface area contributed by atoms with Crippen LogP contribution in [0.5, 0.6) is 11.5 Å². The van der Waals surface area contributed by atoms with E-state index >= 15 is 0 Å². The van der Waals surface area contributed by atoms with E-state index in [9.17, 15) is 0 Å². The molecule has 1 spiro atoms. The molecule has 0 radical (unpaired) electrons. The normalized spacial score (nSPS) is 13.3. The highest BCUT2D eigenvalue weighted by Crippen LogP contribution is 2.64. The first-order valence-electron chi connectivity index (χ1n) is 18.2. The average molecular weight is 676 g/mol. The van der Waals surface area contributed by atoms with E-state index in [2.05, 4.69) is 188 Å². The molecule has 2 aliphatic rings. The molecule has 248 valence electrons. The third kappa shape index (κ3) is 4.15. The molecule has 9 aromatic rings. The van der Waals surface area contributed by atoms with E-state index in [1.165, 1.54) is 71.6 Å². The monoisotopic (exact) mass is 675 g/mol. The minimum atomic E-state index is -0.578. The van der Waals surface area contributed by atoms with Gasteiger partial charge in [0.05, 0.1) is 5.41 Å². The van der Waals surface area contributed by atoms with Crippen LogP contribution in [0.4, 0.5) is 5.69 Å². The van der Waals surface area contributed by atoms with E-state index in [1.54, 1.807) is 0 Å². The van der Waals surface area contributed by atoms with Crippen LogP contribution in [-0.4, -0.2) is 0 Å². The van der Waals surface area contributed by atoms with Gasteiger partial charge in [-0.3, -0.25) is 0 Å². The lowest BCUT2D eigenvalue weighted by Crippen LogP contribution is -2.32. The smallest absolute Gasteiger partial charge is 0.132 e. The van der Waals surface area contributed by atoms with Gasteiger partial charge < -0.3 is 10.5 Å². The molecule has 2 N–H and O–H groups in total. The van der Waals surface area contributed by atoms with E-state index in [-0.39, 0.29) is 0 Å². The molecular weight excluding hydrogens is 643 g/mol. The minimum Gasteiger partial charge on any atom is -0.457 e. The van der Waals surface area contributed by atoms with Crippen LogP contribution in [0.3, 0.4) is 0 Å². The van der Waals surface area contributed by atoms with Gasteiger partial charge in [0, 0.05) is 16.8 Å². The molecule has 53 heavy (non-hydrogen) atoms. The Kier molecular flexibility index (Phi) is 6.35. The maximum absolute atomic E-state index is 6.67. The molecule has 0 amide bonds. The summed E-state index contributed by atoms with van der Waals surface area (Å²) in [5.74, 6) is 1.76. The van der Waals surface area contributed by atoms with E-state index in [0.29, 0.717) is 0 Å². The molecule has 0 saturated carbocycles. The molecule has 2 heteroatoms. The first kappa shape index (κ1) is 29.8. The fourth-order valence-electron chi connectivity index (χ4n) is 9.37. The lowest BCUT2D eigenvalue weighted by Gasteiger charge is -2.39. The molecule has 1 aliphatic heterocycles. The number of anilines is 1. The van der Waals surface area contributed by atoms with E-state index in [1.807, 2.05) is 0 Å². The summed E-state index contributed by atoms with van der Waals surface area (Å²) >= 11 is 0. The number of para-hydroxylation sites is 2. The second kappa shape index (κ2) is 11.3. The zero-order valence-electron chi connectivity index (χ0n) is 28.9. The van der Waals surface area contributed by atoms with Crippen LogP contribution in [0.25, 0.3) is 66.1 Å². The summed E-state index contributed by atoms with van der Waals surface area (Å²) in [6.07, 6.45) is 0. The quantitative estimate of drug-likeness (QED) is 0.149. The molecule has 1 aliphatic carbocycles. The van der Waals surface area contributed by atoms with Crippen molar-refractivity contribution in [3.05, 3.63) is 210 Å². The van der Waals surface area contributed by atoms with Gasteiger partial charge in [-0.2, -0.15) is 0 Å². The highest BCUT2D eigenvalue weighted by Gasteiger charge is 2.51. The van der Waals surface area contributed by atoms with Gasteiger partial charge in [-0.1, -0.05) is 164 Å². The number of ether oxygens (including phenoxy) is 1. The summed E-state index contributed by atoms with van der Waals surface area (Å²) in [5.41, 5.74) is 21.3. The lowest BCUT2D eigenvalue weighted by molar-refractivity contribution is 0.436. The third-order valence-electron chi connectivity index (χ3n) is 11.5. The molecule has 11 rings (SSSR count). The molecule has 9 aromatic carbocycles. The fraction of sp³-hybridized carbons (Fsp3) is 0.0196. The summed E-state index contributed by atoms with van der Waals surface area (Å²) in [6, 6.07) is 67.8. The van der Waals surface area contributed by atoms with Crippen molar-refractivity contribution in [3.63, 3.8) is 0 Å². The minimum absolute atomic E-state index is 0.578. The fourth-order valence-corrected chi connectivity index (χ4v) is 9.37. The van der Waals surface area contributed by atoms with Crippen LogP contribution < -0.4 is 10.5 Å². The highest BCUT2D eigenvalue weighted by molar-refractivity contribution is 6.23. The van der Waals surface area contributed by atoms with Crippen molar-refractivity contribution in [3.8, 4) is 56.0 Å². The van der Waals surface area contributed by atoms with Crippen LogP contribution in [0.2, 0.25) is 0 Å². The molecular formula is C51H33NO. The number of hydrogen-bond acceptors (Lipinski definition) is 2. The Bertz CT molecular complexity index is 2820. The van der Waals surface area contributed by atoms with Crippen molar-refractivity contribution in [1.82, 2.24) is 0 Å². The van der Waals surface area contributed by atoms with Gasteiger partial charge in [-0.05, 0) is 101 Å². The lowest BCUT2D eigenvalue weighted by atomic mass is 9.66. The number of benzene rings is 9. The van der Waals surface area contributed by atoms with Gasteiger partial charge in [0.25, 0.3) is 0 Å². The van der Waals surface area contributed by atoms with Gasteiger partial charge in [0.2, 0.25) is 0 Å². The highest BCUT2D eigenvalue weighted by atomic mass is 16.5. The Morgan fingerprint density at radius 1 is 0.340 bits per heavy atom. The van der Waals surface area contributed by atoms with Gasteiger partial charge in [0.1, 0.15) is 11.5 Å². The second-order valence-corrected chi connectivity index (χ2v) is 14.2. The number of fused-ring (bicyclic) bond motifs is 11. The van der Waals surface area contributed by atoms with Crippen LogP contribution >= 0.6 is 0 Å². The van der Waals surface area contributed by atoms with E-state index < -0.39 is 5.41 Å². The standard InChI is InChI=1S/C51H33NO/c52-35-29-30-42-41(31-35)50-40(19-12-22-45(50)51(42)43-20-8-10-23-46(43)53-47-24-11-9-21-44(47)51)49-38-17-6-4-15-36(38)48(37-16-5-7-18-39(37)49)34-27-25-33(26-28-34)32-13-2-1-3-14-32/h1-31H,52H2. The van der Waals surface area contributed by atoms with E-state index in [4.69, 9.17) is 10.5 Å². The third-order valence-corrected chi connectivity index (χ3v) is 11.5. The first-order chi connectivity index (χ1) is 26.2. The molecule has 1 heterocycles. The molecule has 0 atom stereocenters. The maximum atomic E-state index is 6.67. The van der Waals surface area contributed by atoms with Gasteiger partial charge in [-0.25, -0.2) is 0 Å². The van der Waals surface area contributed by atoms with Crippen molar-refractivity contribution in [2.45, 2.75) is 5.41 Å². The number of nitrogen functional groups attached to an aromatic ring is 1. The number of hydrogen-bond donors (Lipinski definition) is 1. The zero-order chi connectivity index (χ0) is 35.1. The Balaban J connectivity index is 1.23. The van der Waals surface area contributed by atoms with Crippen molar-refractivity contribution in [2.24, 2.45) is 0 Å². The maximum Gasteiger partial charge on any atom is 0.132 e. The van der Waals surface area contributed by atoms with Crippen molar-refractivity contribution < 1.29 is 4.74 Å². The van der Waals surface area contributed by atoms with Crippen molar-refractivity contribution in [1.29, 1.82) is 0 Å². The van der Waals surface area contributed by atoms with Crippen LogP contribution in [0.1, 0.15) is 22.3 Å². The topological polar surface area (TPSA) is 35.2 Å². The molecule has 0 unspecified atom stereocenters. The molecule has 0 fully saturated rings. The Labute approximate surface area is 308 Å². The molecule has 0 saturated heterocycles. The van der Waals surface area contributed by atoms with E-state index in [0.717, 1.165) is 33.9 Å². The molecule has 0 bridgehead atoms. The Hall–Kier alpha value is -6.90. The van der Waals surface area contributed by atoms with Crippen LogP contribution in [0.15, 0.2) is 188 Å². The van der Waals surface area contributed by atoms with Gasteiger partial charge in [0.15, 0.2) is 0 Å². The molecule has 0 aromatic heterocycles. The van der Waals surface area contributed by atoms with Crippen molar-refractivity contribution >= 4 is 27.2 Å². The summed E-state index contributed by atoms with van der Waals surface area (Å²) in [7, 11) is 0. The van der Waals surface area contributed by atoms with Crippen molar-refractivity contribution in [2.75, 3.05) is 5.73 Å².